The van der Waals surface area contributed by atoms with E-state index >= 15 is 0 Å². The third-order valence-corrected chi connectivity index (χ3v) is 4.82. The molecule has 0 bridgehead atoms. The Balaban J connectivity index is 1.68. The lowest BCUT2D eigenvalue weighted by atomic mass is 10.2. The molecule has 22 heavy (non-hydrogen) atoms. The molecule has 0 aromatic carbocycles. The van der Waals surface area contributed by atoms with E-state index in [-0.39, 0.29) is 18.4 Å². The third kappa shape index (κ3) is 5.77. The molecule has 0 atom stereocenters. The van der Waals surface area contributed by atoms with Crippen molar-refractivity contribution in [2.75, 3.05) is 19.6 Å². The van der Waals surface area contributed by atoms with Gasteiger partial charge in [-0.3, -0.25) is 14.5 Å². The summed E-state index contributed by atoms with van der Waals surface area (Å²) in [6.07, 6.45) is 4.57. The summed E-state index contributed by atoms with van der Waals surface area (Å²) in [5, 5.41) is 7.95. The molecule has 5 nitrogen and oxygen atoms in total. The average molecular weight is 323 g/mol. The molecular formula is C16H25N3O2S. The fourth-order valence-corrected chi connectivity index (χ4v) is 3.33. The molecule has 1 fully saturated rings. The van der Waals surface area contributed by atoms with Crippen LogP contribution in [-0.4, -0.2) is 42.4 Å². The van der Waals surface area contributed by atoms with Crippen LogP contribution in [0.4, 0.5) is 0 Å². The number of carbonyl (C=O) groups excluding carboxylic acids is 2. The standard InChI is InChI=1S/C16H25N3O2S/c1-2-19(12-16(21)18-13-6-3-4-7-13)11-15(20)17-10-14-8-5-9-22-14/h5,8-9,13H,2-4,6-7,10-12H2,1H3,(H,17,20)(H,18,21). The Morgan fingerprint density at radius 2 is 2.00 bits per heavy atom. The predicted molar refractivity (Wildman–Crippen MR) is 88.7 cm³/mol. The van der Waals surface area contributed by atoms with Gasteiger partial charge in [-0.25, -0.2) is 0 Å². The summed E-state index contributed by atoms with van der Waals surface area (Å²) >= 11 is 1.63. The van der Waals surface area contributed by atoms with Gasteiger partial charge in [0.25, 0.3) is 0 Å². The summed E-state index contributed by atoms with van der Waals surface area (Å²) in [6.45, 7) is 3.77. The Kier molecular flexibility index (Phi) is 6.86. The second-order valence-corrected chi connectivity index (χ2v) is 6.74. The van der Waals surface area contributed by atoms with E-state index in [1.54, 1.807) is 11.3 Å². The first kappa shape index (κ1) is 17.0. The summed E-state index contributed by atoms with van der Waals surface area (Å²) in [5.41, 5.74) is 0. The Hall–Kier alpha value is -1.40. The maximum atomic E-state index is 12.0. The highest BCUT2D eigenvalue weighted by molar-refractivity contribution is 7.09. The monoisotopic (exact) mass is 323 g/mol. The normalized spacial score (nSPS) is 15.2. The van der Waals surface area contributed by atoms with E-state index in [1.807, 2.05) is 29.3 Å². The highest BCUT2D eigenvalue weighted by Crippen LogP contribution is 2.17. The minimum atomic E-state index is -0.0380. The molecule has 0 saturated heterocycles. The molecule has 2 N–H and O–H groups in total. The summed E-state index contributed by atoms with van der Waals surface area (Å²) < 4.78 is 0. The Bertz CT molecular complexity index is 470. The van der Waals surface area contributed by atoms with Gasteiger partial charge in [-0.1, -0.05) is 25.8 Å². The molecule has 2 amide bonds. The first-order chi connectivity index (χ1) is 10.7. The Morgan fingerprint density at radius 1 is 1.27 bits per heavy atom. The van der Waals surface area contributed by atoms with Crippen LogP contribution in [-0.2, 0) is 16.1 Å². The maximum Gasteiger partial charge on any atom is 0.234 e. The first-order valence-corrected chi connectivity index (χ1v) is 8.86. The number of nitrogens with zero attached hydrogens (tertiary/aromatic N) is 1. The number of likely N-dealkylation sites (N-methyl/N-ethyl adjacent to an activating group) is 1. The van der Waals surface area contributed by atoms with Crippen molar-refractivity contribution in [3.63, 3.8) is 0 Å². The predicted octanol–water partition coefficient (Wildman–Crippen LogP) is 1.74. The lowest BCUT2D eigenvalue weighted by Gasteiger charge is -2.20. The Morgan fingerprint density at radius 3 is 2.64 bits per heavy atom. The van der Waals surface area contributed by atoms with Gasteiger partial charge in [0, 0.05) is 10.9 Å². The van der Waals surface area contributed by atoms with E-state index < -0.39 is 0 Å². The number of thiophene rings is 1. The van der Waals surface area contributed by atoms with E-state index in [0.717, 1.165) is 17.7 Å². The lowest BCUT2D eigenvalue weighted by molar-refractivity contribution is -0.125. The molecule has 1 heterocycles. The molecule has 6 heteroatoms. The van der Waals surface area contributed by atoms with Gasteiger partial charge in [0.05, 0.1) is 19.6 Å². The fourth-order valence-electron chi connectivity index (χ4n) is 2.68. The molecule has 1 aromatic rings. The number of nitrogens with one attached hydrogen (secondary N) is 2. The highest BCUT2D eigenvalue weighted by atomic mass is 32.1. The van der Waals surface area contributed by atoms with Crippen LogP contribution in [0.1, 0.15) is 37.5 Å². The lowest BCUT2D eigenvalue weighted by Crippen LogP contribution is -2.44. The van der Waals surface area contributed by atoms with Crippen LogP contribution in [0, 0.1) is 0 Å². The first-order valence-electron chi connectivity index (χ1n) is 7.98. The van der Waals surface area contributed by atoms with Crippen LogP contribution < -0.4 is 10.6 Å². The largest absolute Gasteiger partial charge is 0.352 e. The minimum Gasteiger partial charge on any atom is -0.352 e. The molecule has 1 aromatic heterocycles. The van der Waals surface area contributed by atoms with Crippen LogP contribution >= 0.6 is 11.3 Å². The van der Waals surface area contributed by atoms with Gasteiger partial charge < -0.3 is 10.6 Å². The molecule has 0 spiro atoms. The molecule has 0 aliphatic heterocycles. The van der Waals surface area contributed by atoms with E-state index in [1.165, 1.54) is 12.8 Å². The average Bonchev–Trinajstić information content (AvgIpc) is 3.17. The van der Waals surface area contributed by atoms with Gasteiger partial charge in [0.1, 0.15) is 0 Å². The molecule has 1 aliphatic rings. The molecule has 1 aliphatic carbocycles. The van der Waals surface area contributed by atoms with Gasteiger partial charge >= 0.3 is 0 Å². The van der Waals surface area contributed by atoms with Crippen molar-refractivity contribution in [3.05, 3.63) is 22.4 Å². The van der Waals surface area contributed by atoms with Gasteiger partial charge in [-0.2, -0.15) is 0 Å². The van der Waals surface area contributed by atoms with Crippen molar-refractivity contribution in [2.45, 2.75) is 45.2 Å². The van der Waals surface area contributed by atoms with Crippen LogP contribution in [0.3, 0.4) is 0 Å². The van der Waals surface area contributed by atoms with Crippen molar-refractivity contribution in [1.82, 2.24) is 15.5 Å². The van der Waals surface area contributed by atoms with Gasteiger partial charge in [0.2, 0.25) is 11.8 Å². The summed E-state index contributed by atoms with van der Waals surface area (Å²) in [6, 6.07) is 4.30. The Labute approximate surface area is 136 Å². The van der Waals surface area contributed by atoms with Crippen LogP contribution in [0.5, 0.6) is 0 Å². The molecular weight excluding hydrogens is 298 g/mol. The van der Waals surface area contributed by atoms with Crippen LogP contribution in [0.15, 0.2) is 17.5 Å². The topological polar surface area (TPSA) is 61.4 Å². The summed E-state index contributed by atoms with van der Waals surface area (Å²) in [4.78, 5) is 27.0. The second kappa shape index (κ2) is 8.90. The van der Waals surface area contributed by atoms with Gasteiger partial charge in [0.15, 0.2) is 0 Å². The van der Waals surface area contributed by atoms with Crippen molar-refractivity contribution >= 4 is 23.2 Å². The minimum absolute atomic E-state index is 0.0276. The molecule has 122 valence electrons. The van der Waals surface area contributed by atoms with Crippen molar-refractivity contribution < 1.29 is 9.59 Å². The van der Waals surface area contributed by atoms with Crippen molar-refractivity contribution in [1.29, 1.82) is 0 Å². The number of hydrogen-bond donors (Lipinski definition) is 2. The van der Waals surface area contributed by atoms with E-state index in [4.69, 9.17) is 0 Å². The van der Waals surface area contributed by atoms with E-state index in [2.05, 4.69) is 10.6 Å². The zero-order valence-corrected chi connectivity index (χ0v) is 14.0. The van der Waals surface area contributed by atoms with Crippen LogP contribution in [0.2, 0.25) is 0 Å². The molecule has 2 rings (SSSR count). The van der Waals surface area contributed by atoms with E-state index in [0.29, 0.717) is 25.7 Å². The number of hydrogen-bond acceptors (Lipinski definition) is 4. The second-order valence-electron chi connectivity index (χ2n) is 5.71. The third-order valence-electron chi connectivity index (χ3n) is 3.94. The maximum absolute atomic E-state index is 12.0. The number of amides is 2. The zero-order valence-electron chi connectivity index (χ0n) is 13.1. The number of carbonyl (C=O) groups is 2. The van der Waals surface area contributed by atoms with Crippen molar-refractivity contribution in [2.24, 2.45) is 0 Å². The van der Waals surface area contributed by atoms with Crippen LogP contribution in [0.25, 0.3) is 0 Å². The highest BCUT2D eigenvalue weighted by Gasteiger charge is 2.19. The quantitative estimate of drug-likeness (QED) is 0.766. The smallest absolute Gasteiger partial charge is 0.234 e. The van der Waals surface area contributed by atoms with Gasteiger partial charge in [-0.15, -0.1) is 11.3 Å². The molecule has 0 radical (unpaired) electrons. The summed E-state index contributed by atoms with van der Waals surface area (Å²) in [7, 11) is 0. The SMILES string of the molecule is CCN(CC(=O)NCc1cccs1)CC(=O)NC1CCCC1. The van der Waals surface area contributed by atoms with E-state index in [9.17, 15) is 9.59 Å². The van der Waals surface area contributed by atoms with Gasteiger partial charge in [-0.05, 0) is 30.8 Å². The number of rotatable bonds is 8. The fraction of sp³-hybridized carbons (Fsp3) is 0.625. The zero-order chi connectivity index (χ0) is 15.8. The van der Waals surface area contributed by atoms with Crippen molar-refractivity contribution in [3.8, 4) is 0 Å². The molecule has 0 unspecified atom stereocenters. The molecule has 1 saturated carbocycles. The summed E-state index contributed by atoms with van der Waals surface area (Å²) in [5.74, 6) is -0.0104.